The Morgan fingerprint density at radius 2 is 1.50 bits per heavy atom. The lowest BCUT2D eigenvalue weighted by Gasteiger charge is -2.00. The van der Waals surface area contributed by atoms with E-state index in [9.17, 15) is 0 Å². The smallest absolute Gasteiger partial charge is 0.245 e. The highest BCUT2D eigenvalue weighted by atomic mass is 35.5. The van der Waals surface area contributed by atoms with Crippen LogP contribution in [0.4, 0.5) is 0 Å². The summed E-state index contributed by atoms with van der Waals surface area (Å²) in [6, 6.07) is 8.88. The molecule has 0 fully saturated rings. The van der Waals surface area contributed by atoms with Gasteiger partial charge in [-0.2, -0.15) is 0 Å². The topological polar surface area (TPSA) is 8.81 Å². The van der Waals surface area contributed by atoms with E-state index in [1.165, 1.54) is 81.0 Å². The standard InChI is InChI=1S/C22H37N2S.ClH/c1-3-5-7-9-10-13-17-23-19-24(20-25-18-14-8-6-4-2)22-16-12-11-15-21(22)23;/h11-12,15-16,19H,3-10,13-14,17-18,20H2,1-2H3;1H/q+1;/p-1. The normalized spacial score (nSPS) is 11.0. The molecule has 26 heavy (non-hydrogen) atoms. The number of aryl methyl sites for hydroxylation is 1. The Morgan fingerprint density at radius 3 is 2.27 bits per heavy atom. The Morgan fingerprint density at radius 1 is 0.846 bits per heavy atom. The van der Waals surface area contributed by atoms with Crippen LogP contribution >= 0.6 is 11.8 Å². The average molecular weight is 397 g/mol. The molecule has 1 aromatic carbocycles. The first-order chi connectivity index (χ1) is 12.4. The first kappa shape index (κ1) is 23.4. The molecule has 0 spiro atoms. The van der Waals surface area contributed by atoms with Gasteiger partial charge in [-0.15, -0.1) is 11.8 Å². The van der Waals surface area contributed by atoms with Crippen molar-refractivity contribution in [3.8, 4) is 0 Å². The van der Waals surface area contributed by atoms with Crippen molar-refractivity contribution in [3.05, 3.63) is 30.6 Å². The van der Waals surface area contributed by atoms with Crippen molar-refractivity contribution in [1.29, 1.82) is 0 Å². The van der Waals surface area contributed by atoms with Crippen LogP contribution < -0.4 is 17.0 Å². The summed E-state index contributed by atoms with van der Waals surface area (Å²) >= 11 is 2.07. The molecule has 0 unspecified atom stereocenters. The summed E-state index contributed by atoms with van der Waals surface area (Å²) in [4.78, 5) is 0. The zero-order valence-corrected chi connectivity index (χ0v) is 18.3. The van der Waals surface area contributed by atoms with Gasteiger partial charge in [0.2, 0.25) is 6.33 Å². The largest absolute Gasteiger partial charge is 1.00 e. The number of hydrogen-bond donors (Lipinski definition) is 0. The third-order valence-electron chi connectivity index (χ3n) is 4.90. The Bertz CT molecular complexity index is 547. The number of imidazole rings is 1. The van der Waals surface area contributed by atoms with E-state index in [0.717, 1.165) is 12.4 Å². The molecule has 0 aliphatic rings. The summed E-state index contributed by atoms with van der Waals surface area (Å²) in [6.07, 6.45) is 16.0. The lowest BCUT2D eigenvalue weighted by Crippen LogP contribution is -3.00. The van der Waals surface area contributed by atoms with Gasteiger partial charge in [0.25, 0.3) is 0 Å². The summed E-state index contributed by atoms with van der Waals surface area (Å²) in [7, 11) is 0. The second-order valence-corrected chi connectivity index (χ2v) is 8.21. The summed E-state index contributed by atoms with van der Waals surface area (Å²) in [5, 5.41) is 0. The molecular formula is C22H37ClN2S. The zero-order chi connectivity index (χ0) is 17.7. The second-order valence-electron chi connectivity index (χ2n) is 7.13. The Hall–Kier alpha value is -0.670. The molecule has 1 aromatic heterocycles. The predicted octanol–water partition coefficient (Wildman–Crippen LogP) is 3.56. The zero-order valence-electron chi connectivity index (χ0n) is 16.8. The fourth-order valence-electron chi connectivity index (χ4n) is 3.38. The predicted molar refractivity (Wildman–Crippen MR) is 112 cm³/mol. The minimum absolute atomic E-state index is 0. The van der Waals surface area contributed by atoms with Crippen molar-refractivity contribution in [1.82, 2.24) is 4.57 Å². The first-order valence-corrected chi connectivity index (χ1v) is 11.6. The maximum atomic E-state index is 2.47. The van der Waals surface area contributed by atoms with Gasteiger partial charge in [-0.05, 0) is 37.1 Å². The van der Waals surface area contributed by atoms with Gasteiger partial charge >= 0.3 is 0 Å². The van der Waals surface area contributed by atoms with Crippen LogP contribution in [0.3, 0.4) is 0 Å². The van der Waals surface area contributed by atoms with Gasteiger partial charge in [0.1, 0.15) is 5.88 Å². The van der Waals surface area contributed by atoms with E-state index in [1.807, 2.05) is 0 Å². The van der Waals surface area contributed by atoms with Gasteiger partial charge in [-0.3, -0.25) is 0 Å². The van der Waals surface area contributed by atoms with Crippen molar-refractivity contribution in [2.75, 3.05) is 5.75 Å². The van der Waals surface area contributed by atoms with Crippen molar-refractivity contribution >= 4 is 22.8 Å². The number of hydrogen-bond acceptors (Lipinski definition) is 1. The molecule has 0 saturated carbocycles. The number of para-hydroxylation sites is 2. The molecule has 1 heterocycles. The Labute approximate surface area is 171 Å². The molecule has 0 aliphatic carbocycles. The minimum Gasteiger partial charge on any atom is -1.00 e. The maximum Gasteiger partial charge on any atom is 0.245 e. The molecule has 0 saturated heterocycles. The lowest BCUT2D eigenvalue weighted by atomic mass is 10.1. The molecule has 2 nitrogen and oxygen atoms in total. The van der Waals surface area contributed by atoms with E-state index in [1.54, 1.807) is 0 Å². The van der Waals surface area contributed by atoms with E-state index in [0.29, 0.717) is 0 Å². The van der Waals surface area contributed by atoms with Crippen LogP contribution in [0, 0.1) is 0 Å². The first-order valence-electron chi connectivity index (χ1n) is 10.4. The third kappa shape index (κ3) is 7.92. The fourth-order valence-corrected chi connectivity index (χ4v) is 4.32. The summed E-state index contributed by atoms with van der Waals surface area (Å²) < 4.78 is 4.91. The Kier molecular flexibility index (Phi) is 12.9. The lowest BCUT2D eigenvalue weighted by molar-refractivity contribution is -0.650. The number of thioether (sulfide) groups is 1. The van der Waals surface area contributed by atoms with E-state index in [-0.39, 0.29) is 12.4 Å². The number of nitrogens with zero attached hydrogens (tertiary/aromatic N) is 2. The van der Waals surface area contributed by atoms with E-state index in [4.69, 9.17) is 0 Å². The molecule has 2 aromatic rings. The third-order valence-corrected chi connectivity index (χ3v) is 5.94. The van der Waals surface area contributed by atoms with E-state index in [2.05, 4.69) is 65.3 Å². The molecule has 0 radical (unpaired) electrons. The molecular weight excluding hydrogens is 360 g/mol. The molecule has 0 N–H and O–H groups in total. The van der Waals surface area contributed by atoms with Gasteiger partial charge in [-0.1, -0.05) is 70.9 Å². The van der Waals surface area contributed by atoms with E-state index >= 15 is 0 Å². The van der Waals surface area contributed by atoms with Gasteiger partial charge in [0.05, 0.1) is 6.54 Å². The van der Waals surface area contributed by atoms with Crippen molar-refractivity contribution in [2.45, 2.75) is 90.5 Å². The average Bonchev–Trinajstić information content (AvgIpc) is 2.99. The van der Waals surface area contributed by atoms with Gasteiger partial charge in [0.15, 0.2) is 11.0 Å². The molecule has 0 bridgehead atoms. The minimum atomic E-state index is 0. The molecule has 4 heteroatoms. The van der Waals surface area contributed by atoms with Crippen LogP contribution in [0.2, 0.25) is 0 Å². The number of aromatic nitrogens is 2. The van der Waals surface area contributed by atoms with Crippen molar-refractivity contribution < 1.29 is 17.0 Å². The summed E-state index contributed by atoms with van der Waals surface area (Å²) in [6.45, 7) is 5.72. The number of halogens is 1. The number of fused-ring (bicyclic) bond motifs is 1. The fraction of sp³-hybridized carbons (Fsp3) is 0.682. The van der Waals surface area contributed by atoms with Crippen LogP contribution in [0.5, 0.6) is 0 Å². The van der Waals surface area contributed by atoms with Crippen LogP contribution in [-0.2, 0) is 12.4 Å². The molecule has 0 aliphatic heterocycles. The van der Waals surface area contributed by atoms with Crippen LogP contribution in [0.1, 0.15) is 78.1 Å². The van der Waals surface area contributed by atoms with Crippen LogP contribution in [-0.4, -0.2) is 10.3 Å². The summed E-state index contributed by atoms with van der Waals surface area (Å²) in [5.74, 6) is 2.36. The molecule has 148 valence electrons. The second kappa shape index (κ2) is 14.4. The SMILES string of the molecule is CCCCCCCCn1c[n+](CSCCCCCC)c2ccccc21.[Cl-]. The van der Waals surface area contributed by atoms with Gasteiger partial charge < -0.3 is 12.4 Å². The number of rotatable bonds is 14. The molecule has 0 atom stereocenters. The van der Waals surface area contributed by atoms with Crippen molar-refractivity contribution in [3.63, 3.8) is 0 Å². The molecule has 2 rings (SSSR count). The number of unbranched alkanes of at least 4 members (excludes halogenated alkanes) is 8. The highest BCUT2D eigenvalue weighted by molar-refractivity contribution is 7.98. The highest BCUT2D eigenvalue weighted by Gasteiger charge is 2.14. The van der Waals surface area contributed by atoms with E-state index < -0.39 is 0 Å². The molecule has 0 amide bonds. The quantitative estimate of drug-likeness (QED) is 0.350. The summed E-state index contributed by atoms with van der Waals surface area (Å²) in [5.41, 5.74) is 2.78. The van der Waals surface area contributed by atoms with Crippen molar-refractivity contribution in [2.24, 2.45) is 0 Å². The number of benzene rings is 1. The maximum absolute atomic E-state index is 2.47. The highest BCUT2D eigenvalue weighted by Crippen LogP contribution is 2.15. The Balaban J connectivity index is 0.00000338. The van der Waals surface area contributed by atoms with Gasteiger partial charge in [0, 0.05) is 0 Å². The van der Waals surface area contributed by atoms with Crippen LogP contribution in [0.15, 0.2) is 30.6 Å². The van der Waals surface area contributed by atoms with Crippen LogP contribution in [0.25, 0.3) is 11.0 Å². The monoisotopic (exact) mass is 396 g/mol. The van der Waals surface area contributed by atoms with Gasteiger partial charge in [-0.25, -0.2) is 9.13 Å².